The van der Waals surface area contributed by atoms with E-state index < -0.39 is 0 Å². The van der Waals surface area contributed by atoms with Gasteiger partial charge in [-0.15, -0.1) is 0 Å². The zero-order chi connectivity index (χ0) is 24.2. The van der Waals surface area contributed by atoms with Gasteiger partial charge in [-0.25, -0.2) is 4.68 Å². The summed E-state index contributed by atoms with van der Waals surface area (Å²) < 4.78 is 7.11. The fourth-order valence-electron chi connectivity index (χ4n) is 4.48. The average Bonchev–Trinajstić information content (AvgIpc) is 3.55. The van der Waals surface area contributed by atoms with Gasteiger partial charge in [0.1, 0.15) is 11.4 Å². The van der Waals surface area contributed by atoms with Crippen LogP contribution < -0.4 is 10.1 Å². The van der Waals surface area contributed by atoms with E-state index in [1.54, 1.807) is 42.4 Å². The summed E-state index contributed by atoms with van der Waals surface area (Å²) in [7, 11) is 1.59. The van der Waals surface area contributed by atoms with Crippen LogP contribution in [0, 0.1) is 0 Å². The second-order valence-corrected chi connectivity index (χ2v) is 8.50. The molecule has 0 saturated carbocycles. The molecule has 0 saturated heterocycles. The van der Waals surface area contributed by atoms with E-state index in [9.17, 15) is 9.59 Å². The topological polar surface area (TPSA) is 76.5 Å². The number of methoxy groups -OCH3 is 1. The lowest BCUT2D eigenvalue weighted by molar-refractivity contribution is 0.0767. The maximum absolute atomic E-state index is 13.1. The number of carbonyl (C=O) groups is 2. The van der Waals surface area contributed by atoms with Gasteiger partial charge in [0.05, 0.1) is 7.11 Å². The van der Waals surface area contributed by atoms with Crippen molar-refractivity contribution in [1.29, 1.82) is 0 Å². The number of nitrogens with one attached hydrogen (secondary N) is 1. The lowest BCUT2D eigenvalue weighted by atomic mass is 9.98. The van der Waals surface area contributed by atoms with Crippen LogP contribution in [0.5, 0.6) is 5.75 Å². The highest BCUT2D eigenvalue weighted by Crippen LogP contribution is 2.27. The number of nitrogens with zero attached hydrogens (tertiary/aromatic N) is 3. The van der Waals surface area contributed by atoms with E-state index in [1.165, 1.54) is 0 Å². The van der Waals surface area contributed by atoms with Crippen molar-refractivity contribution < 1.29 is 14.3 Å². The molecule has 1 aliphatic heterocycles. The Morgan fingerprint density at radius 2 is 1.86 bits per heavy atom. The first-order chi connectivity index (χ1) is 17.1. The lowest BCUT2D eigenvalue weighted by Gasteiger charge is -2.24. The number of aromatic nitrogens is 2. The Bertz CT molecular complexity index is 1340. The van der Waals surface area contributed by atoms with Gasteiger partial charge in [0, 0.05) is 49.1 Å². The van der Waals surface area contributed by atoms with Gasteiger partial charge in [0.2, 0.25) is 0 Å². The number of rotatable bonds is 8. The normalized spacial score (nSPS) is 13.4. The van der Waals surface area contributed by atoms with Crippen molar-refractivity contribution in [3.63, 3.8) is 0 Å². The van der Waals surface area contributed by atoms with Crippen LogP contribution in [-0.2, 0) is 6.54 Å². The summed E-state index contributed by atoms with van der Waals surface area (Å²) in [6, 6.07) is 24.8. The van der Waals surface area contributed by atoms with E-state index in [4.69, 9.17) is 4.74 Å². The first-order valence-electron chi connectivity index (χ1n) is 11.5. The summed E-state index contributed by atoms with van der Waals surface area (Å²) in [5.41, 5.74) is 4.06. The summed E-state index contributed by atoms with van der Waals surface area (Å²) in [6.45, 7) is 1.49. The molecule has 1 unspecified atom stereocenters. The summed E-state index contributed by atoms with van der Waals surface area (Å²) in [5, 5.41) is 7.33. The highest BCUT2D eigenvalue weighted by Gasteiger charge is 2.29. The Morgan fingerprint density at radius 3 is 2.60 bits per heavy atom. The van der Waals surface area contributed by atoms with Crippen LogP contribution in [-0.4, -0.2) is 46.7 Å². The molecule has 1 N–H and O–H groups in total. The van der Waals surface area contributed by atoms with Crippen LogP contribution in [0.3, 0.4) is 0 Å². The number of fused-ring (bicyclic) bond motifs is 1. The number of amides is 2. The first kappa shape index (κ1) is 22.4. The Labute approximate surface area is 204 Å². The molecule has 0 radical (unpaired) electrons. The van der Waals surface area contributed by atoms with Crippen LogP contribution in [0.1, 0.15) is 37.8 Å². The van der Waals surface area contributed by atoms with Crippen molar-refractivity contribution in [2.24, 2.45) is 0 Å². The third-order valence-corrected chi connectivity index (χ3v) is 6.31. The average molecular weight is 467 g/mol. The largest absolute Gasteiger partial charge is 0.494 e. The maximum Gasteiger partial charge on any atom is 0.254 e. The van der Waals surface area contributed by atoms with Crippen molar-refractivity contribution in [3.05, 3.63) is 114 Å². The number of carbonyl (C=O) groups excluding carboxylic acids is 2. The molecule has 1 aliphatic rings. The number of benzene rings is 3. The van der Waals surface area contributed by atoms with Crippen LogP contribution in [0.2, 0.25) is 0 Å². The second-order valence-electron chi connectivity index (χ2n) is 8.50. The predicted molar refractivity (Wildman–Crippen MR) is 133 cm³/mol. The molecule has 35 heavy (non-hydrogen) atoms. The van der Waals surface area contributed by atoms with Crippen LogP contribution in [0.25, 0.3) is 5.69 Å². The Kier molecular flexibility index (Phi) is 6.30. The quantitative estimate of drug-likeness (QED) is 0.425. The Morgan fingerprint density at radius 1 is 1.06 bits per heavy atom. The van der Waals surface area contributed by atoms with Gasteiger partial charge in [-0.1, -0.05) is 48.5 Å². The molecule has 5 rings (SSSR count). The first-order valence-corrected chi connectivity index (χ1v) is 11.5. The minimum absolute atomic E-state index is 0.0341. The summed E-state index contributed by atoms with van der Waals surface area (Å²) in [5.74, 6) is 0.409. The maximum atomic E-state index is 13.1. The molecular formula is C28H26N4O3. The zero-order valence-corrected chi connectivity index (χ0v) is 19.4. The summed E-state index contributed by atoms with van der Waals surface area (Å²) >= 11 is 0. The van der Waals surface area contributed by atoms with Gasteiger partial charge in [-0.3, -0.25) is 9.59 Å². The van der Waals surface area contributed by atoms with Crippen molar-refractivity contribution in [1.82, 2.24) is 20.0 Å². The molecule has 0 aliphatic carbocycles. The second kappa shape index (κ2) is 9.85. The number of hydrogen-bond acceptors (Lipinski definition) is 4. The molecule has 1 aromatic heterocycles. The van der Waals surface area contributed by atoms with Crippen molar-refractivity contribution in [2.45, 2.75) is 12.5 Å². The molecule has 0 fully saturated rings. The monoisotopic (exact) mass is 466 g/mol. The smallest absolute Gasteiger partial charge is 0.254 e. The van der Waals surface area contributed by atoms with Gasteiger partial charge in [-0.05, 0) is 41.5 Å². The fraction of sp³-hybridized carbons (Fsp3) is 0.179. The van der Waals surface area contributed by atoms with E-state index in [2.05, 4.69) is 10.4 Å². The van der Waals surface area contributed by atoms with Gasteiger partial charge in [-0.2, -0.15) is 5.10 Å². The highest BCUT2D eigenvalue weighted by molar-refractivity contribution is 5.98. The SMILES string of the molecule is COc1ccc(C(=O)NCC(CN2Cc3ccccc3C2=O)c2ccccc2)cc1-n1cccn1. The minimum Gasteiger partial charge on any atom is -0.494 e. The predicted octanol–water partition coefficient (Wildman–Crippen LogP) is 4.05. The molecule has 2 amide bonds. The fourth-order valence-corrected chi connectivity index (χ4v) is 4.48. The number of hydrogen-bond donors (Lipinski definition) is 1. The van der Waals surface area contributed by atoms with Gasteiger partial charge in [0.15, 0.2) is 0 Å². The van der Waals surface area contributed by atoms with Gasteiger partial charge >= 0.3 is 0 Å². The molecule has 7 nitrogen and oxygen atoms in total. The van der Waals surface area contributed by atoms with Crippen LogP contribution >= 0.6 is 0 Å². The van der Waals surface area contributed by atoms with Gasteiger partial charge in [0.25, 0.3) is 11.8 Å². The third kappa shape index (κ3) is 4.66. The summed E-state index contributed by atoms with van der Waals surface area (Å²) in [4.78, 5) is 27.9. The van der Waals surface area contributed by atoms with E-state index in [0.29, 0.717) is 36.6 Å². The minimum atomic E-state index is -0.196. The van der Waals surface area contributed by atoms with Gasteiger partial charge < -0.3 is 15.0 Å². The molecule has 7 heteroatoms. The molecule has 0 spiro atoms. The van der Waals surface area contributed by atoms with Crippen molar-refractivity contribution >= 4 is 11.8 Å². The molecule has 1 atom stereocenters. The van der Waals surface area contributed by atoms with E-state index in [-0.39, 0.29) is 17.7 Å². The van der Waals surface area contributed by atoms with Crippen LogP contribution in [0.4, 0.5) is 0 Å². The summed E-state index contributed by atoms with van der Waals surface area (Å²) in [6.07, 6.45) is 3.48. The number of ether oxygens (including phenoxy) is 1. The van der Waals surface area contributed by atoms with E-state index in [0.717, 1.165) is 16.7 Å². The van der Waals surface area contributed by atoms with Crippen molar-refractivity contribution in [3.8, 4) is 11.4 Å². The Balaban J connectivity index is 1.33. The molecule has 176 valence electrons. The Hall–Kier alpha value is -4.39. The molecule has 0 bridgehead atoms. The van der Waals surface area contributed by atoms with E-state index >= 15 is 0 Å². The third-order valence-electron chi connectivity index (χ3n) is 6.31. The molecule has 4 aromatic rings. The molecule has 2 heterocycles. The van der Waals surface area contributed by atoms with Crippen LogP contribution in [0.15, 0.2) is 91.3 Å². The zero-order valence-electron chi connectivity index (χ0n) is 19.4. The highest BCUT2D eigenvalue weighted by atomic mass is 16.5. The van der Waals surface area contributed by atoms with E-state index in [1.807, 2.05) is 65.6 Å². The lowest BCUT2D eigenvalue weighted by Crippen LogP contribution is -2.36. The van der Waals surface area contributed by atoms with Crippen molar-refractivity contribution in [2.75, 3.05) is 20.2 Å². The standard InChI is InChI=1S/C28H26N4O3/c1-35-26-13-12-21(16-25(26)32-15-7-14-30-32)27(33)29-17-23(20-8-3-2-4-9-20)19-31-18-22-10-5-6-11-24(22)28(31)34/h2-16,23H,17-19H2,1H3,(H,29,33). The molecular weight excluding hydrogens is 440 g/mol. The molecule has 3 aromatic carbocycles.